The van der Waals surface area contributed by atoms with Crippen molar-refractivity contribution >= 4 is 26.0 Å². The molecule has 0 fully saturated rings. The lowest BCUT2D eigenvalue weighted by atomic mass is 10.1. The summed E-state index contributed by atoms with van der Waals surface area (Å²) in [5, 5.41) is 17.9. The van der Waals surface area contributed by atoms with Gasteiger partial charge in [0.15, 0.2) is 10.1 Å². The van der Waals surface area contributed by atoms with Crippen LogP contribution in [0, 0.1) is 0 Å². The minimum absolute atomic E-state index is 0.0685. The van der Waals surface area contributed by atoms with Crippen LogP contribution in [0.1, 0.15) is 60.4 Å². The van der Waals surface area contributed by atoms with E-state index in [9.17, 15) is 26.7 Å². The molecule has 19 heteroatoms. The van der Waals surface area contributed by atoms with Crippen LogP contribution in [0.3, 0.4) is 0 Å². The molecule has 4 aromatic carbocycles. The zero-order chi connectivity index (χ0) is 47.9. The first-order valence-electron chi connectivity index (χ1n) is 20.8. The van der Waals surface area contributed by atoms with Crippen molar-refractivity contribution in [1.29, 1.82) is 0 Å². The van der Waals surface area contributed by atoms with Crippen LogP contribution >= 0.6 is 0 Å². The molecule has 0 saturated carbocycles. The first kappa shape index (κ1) is 49.2. The molecule has 3 heterocycles. The Bertz CT molecular complexity index is 2690. The Kier molecular flexibility index (Phi) is 15.3. The van der Waals surface area contributed by atoms with Crippen LogP contribution in [-0.4, -0.2) is 97.7 Å². The van der Waals surface area contributed by atoms with Crippen molar-refractivity contribution < 1.29 is 50.4 Å². The molecule has 352 valence electrons. The van der Waals surface area contributed by atoms with Gasteiger partial charge in [-0.25, -0.2) is 26.3 Å². The topological polar surface area (TPSA) is 194 Å². The highest BCUT2D eigenvalue weighted by Gasteiger charge is 2.38. The number of hydrogen-bond donors (Lipinski definition) is 1. The monoisotopic (exact) mass is 944 g/mol. The van der Waals surface area contributed by atoms with Crippen LogP contribution in [0.15, 0.2) is 125 Å². The molecule has 1 aliphatic heterocycles. The SMILES string of the molecule is COc1ccc(CN(Cc2ccc(OC)cc2)S(=O)(=O)c2cc3n(n2)C(C)(C)COC3=O)cc1.COc1ccc(CN(Cc2ccc(OC)cc2)S(=O)(=O)c2ccn(C(C)(C)CO)n2)cc1. The smallest absolute Gasteiger partial charge is 0.356 e. The summed E-state index contributed by atoms with van der Waals surface area (Å²) in [6, 6.07) is 31.7. The van der Waals surface area contributed by atoms with Gasteiger partial charge in [0.25, 0.3) is 20.0 Å². The van der Waals surface area contributed by atoms with Gasteiger partial charge in [0, 0.05) is 38.4 Å². The van der Waals surface area contributed by atoms with Crippen molar-refractivity contribution in [2.24, 2.45) is 0 Å². The van der Waals surface area contributed by atoms with Crippen LogP contribution in [0.5, 0.6) is 23.0 Å². The number of fused-ring (bicyclic) bond motifs is 1. The number of ether oxygens (including phenoxy) is 5. The molecule has 0 radical (unpaired) electrons. The Labute approximate surface area is 386 Å². The van der Waals surface area contributed by atoms with E-state index in [2.05, 4.69) is 10.2 Å². The maximum absolute atomic E-state index is 13.8. The van der Waals surface area contributed by atoms with Crippen molar-refractivity contribution in [2.75, 3.05) is 41.7 Å². The molecule has 1 aliphatic rings. The zero-order valence-corrected chi connectivity index (χ0v) is 39.9. The normalized spacial score (nSPS) is 13.7. The first-order valence-corrected chi connectivity index (χ1v) is 23.7. The number of rotatable bonds is 18. The predicted octanol–water partition coefficient (Wildman–Crippen LogP) is 6.22. The molecule has 2 aromatic heterocycles. The minimum Gasteiger partial charge on any atom is -0.497 e. The van der Waals surface area contributed by atoms with Crippen molar-refractivity contribution in [3.8, 4) is 23.0 Å². The molecule has 66 heavy (non-hydrogen) atoms. The second-order valence-corrected chi connectivity index (χ2v) is 20.4. The lowest BCUT2D eigenvalue weighted by Gasteiger charge is -2.30. The van der Waals surface area contributed by atoms with Gasteiger partial charge in [0.1, 0.15) is 35.3 Å². The quantitative estimate of drug-likeness (QED) is 0.0957. The standard InChI is InChI=1S/C24H27N3O6S.C23H29N3O5S/c1-24(2)16-33-23(28)21-13-22(25-27(21)24)34(29,30)26(14-17-5-9-19(31-3)10-6-17)15-18-7-11-20(32-4)12-8-18;1-23(2,17-27)26-14-13-22(24-26)32(28,29)25(15-18-5-9-20(30-3)10-6-18)16-19-7-11-21(31-4)12-8-19/h5-13H,14-16H2,1-4H3;5-14,27H,15-17H2,1-4H3. The Morgan fingerprint density at radius 2 is 0.985 bits per heavy atom. The lowest BCUT2D eigenvalue weighted by Crippen LogP contribution is -2.41. The third-order valence-electron chi connectivity index (χ3n) is 10.9. The summed E-state index contributed by atoms with van der Waals surface area (Å²) >= 11 is 0. The molecule has 17 nitrogen and oxygen atoms in total. The van der Waals surface area contributed by atoms with Gasteiger partial charge in [0.05, 0.1) is 46.1 Å². The van der Waals surface area contributed by atoms with E-state index in [0.717, 1.165) is 22.3 Å². The summed E-state index contributed by atoms with van der Waals surface area (Å²) < 4.78 is 86.3. The van der Waals surface area contributed by atoms with E-state index in [1.807, 2.05) is 62.4 Å². The number of methoxy groups -OCH3 is 4. The minimum atomic E-state index is -4.07. The summed E-state index contributed by atoms with van der Waals surface area (Å²) in [6.07, 6.45) is 1.57. The van der Waals surface area contributed by atoms with Crippen LogP contribution in [0.2, 0.25) is 0 Å². The van der Waals surface area contributed by atoms with Crippen LogP contribution in [0.25, 0.3) is 0 Å². The molecule has 0 unspecified atom stereocenters. The molecular weight excluding hydrogens is 889 g/mol. The molecule has 0 aliphatic carbocycles. The van der Waals surface area contributed by atoms with Crippen LogP contribution in [0.4, 0.5) is 0 Å². The predicted molar refractivity (Wildman–Crippen MR) is 245 cm³/mol. The average molecular weight is 945 g/mol. The van der Waals surface area contributed by atoms with E-state index < -0.39 is 37.1 Å². The Morgan fingerprint density at radius 1 is 0.621 bits per heavy atom. The number of sulfonamides is 2. The Morgan fingerprint density at radius 3 is 1.32 bits per heavy atom. The number of carbonyl (C=O) groups is 1. The second kappa shape index (κ2) is 20.5. The fourth-order valence-corrected chi connectivity index (χ4v) is 9.45. The molecular formula is C47H56N6O11S2. The van der Waals surface area contributed by atoms with Gasteiger partial charge in [-0.15, -0.1) is 0 Å². The van der Waals surface area contributed by atoms with Gasteiger partial charge in [-0.3, -0.25) is 4.68 Å². The number of hydrogen-bond acceptors (Lipinski definition) is 13. The van der Waals surface area contributed by atoms with E-state index in [1.165, 1.54) is 30.1 Å². The molecule has 0 amide bonds. The number of aliphatic hydroxyl groups excluding tert-OH is 1. The summed E-state index contributed by atoms with van der Waals surface area (Å²) in [5.74, 6) is 2.16. The van der Waals surface area contributed by atoms with Gasteiger partial charge >= 0.3 is 5.97 Å². The number of benzene rings is 4. The summed E-state index contributed by atoms with van der Waals surface area (Å²) in [6.45, 7) is 7.70. The van der Waals surface area contributed by atoms with Gasteiger partial charge < -0.3 is 28.8 Å². The second-order valence-electron chi connectivity index (χ2n) is 16.7. The average Bonchev–Trinajstić information content (AvgIpc) is 4.03. The number of carbonyl (C=O) groups excluding carboxylic acids is 1. The van der Waals surface area contributed by atoms with E-state index in [0.29, 0.717) is 23.0 Å². The van der Waals surface area contributed by atoms with E-state index >= 15 is 0 Å². The summed E-state index contributed by atoms with van der Waals surface area (Å²) in [5.41, 5.74) is 1.93. The first-order chi connectivity index (χ1) is 31.3. The molecule has 0 spiro atoms. The highest BCUT2D eigenvalue weighted by atomic mass is 32.2. The van der Waals surface area contributed by atoms with Crippen LogP contribution < -0.4 is 18.9 Å². The van der Waals surface area contributed by atoms with E-state index in [4.69, 9.17) is 23.7 Å². The molecule has 0 saturated heterocycles. The third kappa shape index (κ3) is 11.4. The largest absolute Gasteiger partial charge is 0.497 e. The van der Waals surface area contributed by atoms with Gasteiger partial charge in [-0.05, 0) is 105 Å². The number of aromatic nitrogens is 4. The van der Waals surface area contributed by atoms with Crippen molar-refractivity contribution in [1.82, 2.24) is 28.2 Å². The van der Waals surface area contributed by atoms with Crippen molar-refractivity contribution in [3.05, 3.63) is 143 Å². The number of aliphatic hydroxyl groups is 1. The fraction of sp³-hybridized carbons (Fsp3) is 0.340. The fourth-order valence-electron chi connectivity index (χ4n) is 6.78. The van der Waals surface area contributed by atoms with Gasteiger partial charge in [-0.2, -0.15) is 18.8 Å². The molecule has 6 aromatic rings. The molecule has 7 rings (SSSR count). The molecule has 0 bridgehead atoms. The Balaban J connectivity index is 0.000000219. The number of nitrogens with zero attached hydrogens (tertiary/aromatic N) is 6. The van der Waals surface area contributed by atoms with Gasteiger partial charge in [0.2, 0.25) is 0 Å². The number of cyclic esters (lactones) is 1. The highest BCUT2D eigenvalue weighted by Crippen LogP contribution is 2.30. The molecule has 1 N–H and O–H groups in total. The Hall–Kier alpha value is -6.25. The van der Waals surface area contributed by atoms with Crippen molar-refractivity contribution in [3.63, 3.8) is 0 Å². The van der Waals surface area contributed by atoms with Gasteiger partial charge in [-0.1, -0.05) is 48.5 Å². The molecule has 0 atom stereocenters. The van der Waals surface area contributed by atoms with Crippen molar-refractivity contribution in [2.45, 2.75) is 75.0 Å². The highest BCUT2D eigenvalue weighted by molar-refractivity contribution is 7.89. The van der Waals surface area contributed by atoms with E-state index in [-0.39, 0.29) is 55.1 Å². The lowest BCUT2D eigenvalue weighted by molar-refractivity contribution is 0.0191. The summed E-state index contributed by atoms with van der Waals surface area (Å²) in [4.78, 5) is 12.3. The zero-order valence-electron chi connectivity index (χ0n) is 38.2. The maximum Gasteiger partial charge on any atom is 0.356 e. The third-order valence-corrected chi connectivity index (χ3v) is 14.2. The van der Waals surface area contributed by atoms with E-state index in [1.54, 1.807) is 97.0 Å². The maximum atomic E-state index is 13.8. The summed E-state index contributed by atoms with van der Waals surface area (Å²) in [7, 11) is -1.67. The van der Waals surface area contributed by atoms with Crippen LogP contribution in [-0.2, 0) is 62.0 Å². The number of esters is 1.